The van der Waals surface area contributed by atoms with E-state index in [1.807, 2.05) is 6.92 Å². The van der Waals surface area contributed by atoms with Gasteiger partial charge in [-0.3, -0.25) is 0 Å². The van der Waals surface area contributed by atoms with E-state index in [-0.39, 0.29) is 0 Å². The van der Waals surface area contributed by atoms with Gasteiger partial charge in [0.15, 0.2) is 0 Å². The Morgan fingerprint density at radius 2 is 2.33 bits per heavy atom. The Morgan fingerprint density at radius 3 is 2.94 bits per heavy atom. The monoisotopic (exact) mass is 268 g/mol. The highest BCUT2D eigenvalue weighted by Crippen LogP contribution is 2.40. The number of aryl methyl sites for hydroxylation is 1. The normalized spacial score (nSPS) is 28.5. The Bertz CT molecular complexity index is 366. The minimum atomic E-state index is 0.582. The summed E-state index contributed by atoms with van der Waals surface area (Å²) in [6.45, 7) is 5.03. The van der Waals surface area contributed by atoms with Crippen LogP contribution in [0.3, 0.4) is 0 Å². The van der Waals surface area contributed by atoms with Gasteiger partial charge >= 0.3 is 0 Å². The second-order valence-electron chi connectivity index (χ2n) is 5.37. The minimum Gasteiger partial charge on any atom is -0.440 e. The van der Waals surface area contributed by atoms with Crippen molar-refractivity contribution in [1.29, 1.82) is 0 Å². The molecule has 1 fully saturated rings. The second-order valence-corrected chi connectivity index (χ2v) is 6.57. The Kier molecular flexibility index (Phi) is 5.13. The van der Waals surface area contributed by atoms with Crippen LogP contribution < -0.4 is 5.73 Å². The van der Waals surface area contributed by atoms with Gasteiger partial charge in [-0.25, -0.2) is 4.98 Å². The molecule has 1 aromatic rings. The topological polar surface area (TPSA) is 52.0 Å². The van der Waals surface area contributed by atoms with E-state index >= 15 is 0 Å². The largest absolute Gasteiger partial charge is 0.440 e. The van der Waals surface area contributed by atoms with E-state index in [0.717, 1.165) is 23.4 Å². The second kappa shape index (κ2) is 6.62. The van der Waals surface area contributed by atoms with E-state index in [1.54, 1.807) is 18.0 Å². The first-order chi connectivity index (χ1) is 8.72. The fourth-order valence-electron chi connectivity index (χ4n) is 2.87. The molecule has 0 bridgehead atoms. The van der Waals surface area contributed by atoms with Gasteiger partial charge in [-0.05, 0) is 38.1 Å². The van der Waals surface area contributed by atoms with E-state index < -0.39 is 0 Å². The molecule has 0 saturated heterocycles. The van der Waals surface area contributed by atoms with Crippen molar-refractivity contribution in [3.63, 3.8) is 0 Å². The summed E-state index contributed by atoms with van der Waals surface area (Å²) in [5.41, 5.74) is 6.87. The Morgan fingerprint density at radius 1 is 1.50 bits per heavy atom. The third-order valence-corrected chi connectivity index (χ3v) is 5.16. The number of aromatic nitrogens is 1. The van der Waals surface area contributed by atoms with Crippen molar-refractivity contribution in [3.8, 4) is 0 Å². The van der Waals surface area contributed by atoms with Gasteiger partial charge in [-0.15, -0.1) is 0 Å². The maximum Gasteiger partial charge on any atom is 0.256 e. The number of oxazole rings is 1. The smallest absolute Gasteiger partial charge is 0.256 e. The van der Waals surface area contributed by atoms with Crippen molar-refractivity contribution in [3.05, 3.63) is 12.0 Å². The highest BCUT2D eigenvalue weighted by Gasteiger charge is 2.31. The van der Waals surface area contributed by atoms with Crippen LogP contribution in [0.25, 0.3) is 0 Å². The molecule has 1 aliphatic rings. The molecule has 102 valence electrons. The van der Waals surface area contributed by atoms with Crippen LogP contribution in [0, 0.1) is 18.8 Å². The van der Waals surface area contributed by atoms with Crippen molar-refractivity contribution in [1.82, 2.24) is 4.98 Å². The van der Waals surface area contributed by atoms with Crippen molar-refractivity contribution in [2.75, 3.05) is 6.54 Å². The molecule has 3 atom stereocenters. The number of hydrogen-bond acceptors (Lipinski definition) is 4. The third-order valence-electron chi connectivity index (χ3n) is 3.89. The Balaban J connectivity index is 1.97. The van der Waals surface area contributed by atoms with E-state index in [4.69, 9.17) is 10.2 Å². The number of hydrogen-bond donors (Lipinski definition) is 1. The molecule has 0 radical (unpaired) electrons. The number of nitrogens with two attached hydrogens (primary N) is 1. The van der Waals surface area contributed by atoms with E-state index in [2.05, 4.69) is 11.9 Å². The molecule has 1 aromatic heterocycles. The van der Waals surface area contributed by atoms with Gasteiger partial charge in [0, 0.05) is 5.25 Å². The molecule has 1 heterocycles. The van der Waals surface area contributed by atoms with Crippen LogP contribution in [-0.2, 0) is 0 Å². The highest BCUT2D eigenvalue weighted by molar-refractivity contribution is 7.99. The van der Waals surface area contributed by atoms with Crippen LogP contribution in [0.5, 0.6) is 0 Å². The average Bonchev–Trinajstić information content (AvgIpc) is 2.76. The summed E-state index contributed by atoms with van der Waals surface area (Å²) in [5, 5.41) is 1.39. The summed E-state index contributed by atoms with van der Waals surface area (Å²) in [5.74, 6) is 1.49. The summed E-state index contributed by atoms with van der Waals surface area (Å²) in [7, 11) is 0. The minimum absolute atomic E-state index is 0.582. The first-order valence-corrected chi connectivity index (χ1v) is 7.89. The molecular formula is C14H24N2OS. The maximum atomic E-state index is 5.91. The van der Waals surface area contributed by atoms with Gasteiger partial charge in [0.05, 0.1) is 5.69 Å². The molecule has 0 aliphatic heterocycles. The molecule has 1 aliphatic carbocycles. The van der Waals surface area contributed by atoms with Crippen LogP contribution in [-0.4, -0.2) is 16.8 Å². The Labute approximate surface area is 114 Å². The summed E-state index contributed by atoms with van der Waals surface area (Å²) in [6.07, 6.45) is 8.23. The van der Waals surface area contributed by atoms with Crippen molar-refractivity contribution in [2.24, 2.45) is 17.6 Å². The summed E-state index contributed by atoms with van der Waals surface area (Å²) >= 11 is 1.79. The maximum absolute atomic E-state index is 5.91. The number of nitrogens with zero attached hydrogens (tertiary/aromatic N) is 1. The van der Waals surface area contributed by atoms with E-state index in [9.17, 15) is 0 Å². The molecule has 2 rings (SSSR count). The van der Waals surface area contributed by atoms with Crippen molar-refractivity contribution >= 4 is 11.8 Å². The number of rotatable bonds is 5. The molecule has 3 nitrogen and oxygen atoms in total. The molecule has 4 heteroatoms. The highest BCUT2D eigenvalue weighted by atomic mass is 32.2. The van der Waals surface area contributed by atoms with E-state index in [0.29, 0.717) is 11.2 Å². The summed E-state index contributed by atoms with van der Waals surface area (Å²) in [4.78, 5) is 4.40. The van der Waals surface area contributed by atoms with Crippen LogP contribution in [0.4, 0.5) is 0 Å². The molecule has 1 saturated carbocycles. The van der Waals surface area contributed by atoms with Gasteiger partial charge in [0.1, 0.15) is 6.26 Å². The summed E-state index contributed by atoms with van der Waals surface area (Å²) < 4.78 is 5.47. The zero-order valence-corrected chi connectivity index (χ0v) is 12.2. The molecule has 0 aromatic carbocycles. The van der Waals surface area contributed by atoms with Crippen LogP contribution in [0.2, 0.25) is 0 Å². The first kappa shape index (κ1) is 13.9. The molecule has 0 spiro atoms. The van der Waals surface area contributed by atoms with Crippen LogP contribution in [0.1, 0.15) is 44.7 Å². The van der Waals surface area contributed by atoms with Gasteiger partial charge < -0.3 is 10.2 Å². The molecule has 18 heavy (non-hydrogen) atoms. The van der Waals surface area contributed by atoms with Crippen LogP contribution >= 0.6 is 11.8 Å². The van der Waals surface area contributed by atoms with E-state index in [1.165, 1.54) is 32.1 Å². The SMILES string of the molecule is CCCC1CCC(CN)C(Sc2nc(C)co2)C1. The number of thioether (sulfide) groups is 1. The predicted octanol–water partition coefficient (Wildman–Crippen LogP) is 3.62. The lowest BCUT2D eigenvalue weighted by Crippen LogP contribution is -2.32. The zero-order chi connectivity index (χ0) is 13.0. The van der Waals surface area contributed by atoms with Gasteiger partial charge in [0.25, 0.3) is 5.22 Å². The van der Waals surface area contributed by atoms with Gasteiger partial charge in [0.2, 0.25) is 0 Å². The summed E-state index contributed by atoms with van der Waals surface area (Å²) in [6, 6.07) is 0. The third kappa shape index (κ3) is 3.51. The standard InChI is InChI=1S/C14H24N2OS/c1-3-4-11-5-6-12(8-15)13(7-11)18-14-16-10(2)9-17-14/h9,11-13H,3-8,15H2,1-2H3. The quantitative estimate of drug-likeness (QED) is 0.886. The van der Waals surface area contributed by atoms with Gasteiger partial charge in [-0.1, -0.05) is 37.9 Å². The fourth-order valence-corrected chi connectivity index (χ4v) is 4.24. The molecule has 2 N–H and O–H groups in total. The Hall–Kier alpha value is -0.480. The average molecular weight is 268 g/mol. The molecule has 0 amide bonds. The zero-order valence-electron chi connectivity index (χ0n) is 11.4. The fraction of sp³-hybridized carbons (Fsp3) is 0.786. The molecular weight excluding hydrogens is 244 g/mol. The first-order valence-electron chi connectivity index (χ1n) is 7.01. The van der Waals surface area contributed by atoms with Crippen molar-refractivity contribution in [2.45, 2.75) is 56.4 Å². The lowest BCUT2D eigenvalue weighted by molar-refractivity contribution is 0.274. The molecule has 3 unspecified atom stereocenters. The lowest BCUT2D eigenvalue weighted by atomic mass is 9.80. The van der Waals surface area contributed by atoms with Gasteiger partial charge in [-0.2, -0.15) is 0 Å². The van der Waals surface area contributed by atoms with Crippen LogP contribution in [0.15, 0.2) is 15.9 Å². The lowest BCUT2D eigenvalue weighted by Gasteiger charge is -2.34. The van der Waals surface area contributed by atoms with Crippen molar-refractivity contribution < 1.29 is 4.42 Å². The predicted molar refractivity (Wildman–Crippen MR) is 75.7 cm³/mol.